The van der Waals surface area contributed by atoms with Crippen LogP contribution in [-0.4, -0.2) is 17.0 Å². The number of hydrogen-bond donors (Lipinski definition) is 2. The van der Waals surface area contributed by atoms with Crippen LogP contribution in [0.15, 0.2) is 30.4 Å². The second-order valence-electron chi connectivity index (χ2n) is 7.30. The van der Waals surface area contributed by atoms with Crippen molar-refractivity contribution in [3.05, 3.63) is 41.5 Å². The number of rotatable bonds is 3. The van der Waals surface area contributed by atoms with Crippen molar-refractivity contribution in [3.63, 3.8) is 0 Å². The Kier molecular flexibility index (Phi) is 3.12. The second-order valence-corrected chi connectivity index (χ2v) is 7.30. The fraction of sp³-hybridized carbons (Fsp3) is 0.474. The van der Waals surface area contributed by atoms with Crippen LogP contribution in [0.5, 0.6) is 0 Å². The lowest BCUT2D eigenvalue weighted by molar-refractivity contribution is -0.152. The molecule has 1 amide bonds. The minimum absolute atomic E-state index is 0.0249. The molecule has 0 saturated heterocycles. The van der Waals surface area contributed by atoms with E-state index in [0.29, 0.717) is 11.8 Å². The predicted octanol–water partition coefficient (Wildman–Crippen LogP) is 3.01. The fourth-order valence-corrected chi connectivity index (χ4v) is 4.66. The van der Waals surface area contributed by atoms with E-state index >= 15 is 0 Å². The molecule has 4 aliphatic carbocycles. The molecule has 0 unspecified atom stereocenters. The molecule has 4 aliphatic rings. The van der Waals surface area contributed by atoms with Crippen LogP contribution in [0.2, 0.25) is 0 Å². The maximum Gasteiger partial charge on any atom is 0.307 e. The normalized spacial score (nSPS) is 36.4. The predicted molar refractivity (Wildman–Crippen MR) is 86.9 cm³/mol. The number of carbonyl (C=O) groups is 2. The Bertz CT molecular complexity index is 723. The van der Waals surface area contributed by atoms with Crippen molar-refractivity contribution >= 4 is 17.6 Å². The number of nitrogens with one attached hydrogen (secondary N) is 1. The van der Waals surface area contributed by atoms with E-state index in [-0.39, 0.29) is 17.7 Å². The van der Waals surface area contributed by atoms with E-state index in [2.05, 4.69) is 11.4 Å². The molecular formula is C19H21NO3. The summed E-state index contributed by atoms with van der Waals surface area (Å²) < 4.78 is 0. The van der Waals surface area contributed by atoms with Gasteiger partial charge < -0.3 is 10.4 Å². The molecule has 4 nitrogen and oxygen atoms in total. The third-order valence-electron chi connectivity index (χ3n) is 5.89. The van der Waals surface area contributed by atoms with Crippen molar-refractivity contribution in [2.75, 3.05) is 5.32 Å². The lowest BCUT2D eigenvalue weighted by Crippen LogP contribution is -2.48. The summed E-state index contributed by atoms with van der Waals surface area (Å²) in [6.45, 7) is 3.93. The molecule has 2 saturated carbocycles. The minimum atomic E-state index is -0.837. The van der Waals surface area contributed by atoms with Crippen LogP contribution in [0.4, 0.5) is 5.69 Å². The Morgan fingerprint density at radius 3 is 2.39 bits per heavy atom. The van der Waals surface area contributed by atoms with Crippen molar-refractivity contribution in [2.24, 2.45) is 35.5 Å². The van der Waals surface area contributed by atoms with Gasteiger partial charge in [-0.25, -0.2) is 0 Å². The summed E-state index contributed by atoms with van der Waals surface area (Å²) in [7, 11) is 0. The number of hydrogen-bond acceptors (Lipinski definition) is 2. The van der Waals surface area contributed by atoms with Gasteiger partial charge in [0.1, 0.15) is 0 Å². The molecule has 23 heavy (non-hydrogen) atoms. The SMILES string of the molecule is Cc1ccc(C)c(NC(=O)[C@@H]2[C@H]3C=C[C@@H]([C@@H]4C[C@H]34)[C@@H]2C(=O)O)c1. The highest BCUT2D eigenvalue weighted by molar-refractivity contribution is 5.96. The Labute approximate surface area is 135 Å². The number of carboxylic acids is 1. The number of aliphatic carboxylic acids is 1. The zero-order valence-corrected chi connectivity index (χ0v) is 13.3. The molecule has 2 fully saturated rings. The monoisotopic (exact) mass is 311 g/mol. The molecule has 5 rings (SSSR count). The Balaban J connectivity index is 1.63. The summed E-state index contributed by atoms with van der Waals surface area (Å²) >= 11 is 0. The third-order valence-corrected chi connectivity index (χ3v) is 5.89. The molecule has 0 aromatic heterocycles. The minimum Gasteiger partial charge on any atom is -0.481 e. The van der Waals surface area contributed by atoms with E-state index in [4.69, 9.17) is 0 Å². The van der Waals surface area contributed by atoms with E-state index < -0.39 is 17.8 Å². The van der Waals surface area contributed by atoms with Gasteiger partial charge in [-0.15, -0.1) is 0 Å². The van der Waals surface area contributed by atoms with Crippen molar-refractivity contribution in [2.45, 2.75) is 20.3 Å². The standard InChI is InChI=1S/C19H21NO3/c1-9-3-4-10(2)15(7-9)20-18(21)16-11-5-6-12(14-8-13(11)14)17(16)19(22)23/h3-7,11-14,16-17H,8H2,1-2H3,(H,20,21)(H,22,23)/t11-,12-,13+,14-,16+,17-/m0/s1. The number of aryl methyl sites for hydroxylation is 2. The summed E-state index contributed by atoms with van der Waals surface area (Å²) in [5.41, 5.74) is 2.86. The number of benzene rings is 1. The Morgan fingerprint density at radius 1 is 1.09 bits per heavy atom. The van der Waals surface area contributed by atoms with Gasteiger partial charge in [0.05, 0.1) is 11.8 Å². The van der Waals surface area contributed by atoms with Crippen molar-refractivity contribution < 1.29 is 14.7 Å². The van der Waals surface area contributed by atoms with E-state index in [1.165, 1.54) is 0 Å². The van der Waals surface area contributed by atoms with E-state index in [0.717, 1.165) is 23.2 Å². The quantitative estimate of drug-likeness (QED) is 0.843. The highest BCUT2D eigenvalue weighted by Crippen LogP contribution is 2.63. The number of allylic oxidation sites excluding steroid dienone is 2. The lowest BCUT2D eigenvalue weighted by Gasteiger charge is -2.41. The van der Waals surface area contributed by atoms with Crippen molar-refractivity contribution in [1.82, 2.24) is 0 Å². The molecule has 2 bridgehead atoms. The summed E-state index contributed by atoms with van der Waals surface area (Å²) in [6, 6.07) is 5.93. The molecule has 2 N–H and O–H groups in total. The molecule has 4 heteroatoms. The molecule has 0 aliphatic heterocycles. The molecule has 0 radical (unpaired) electrons. The Morgan fingerprint density at radius 2 is 1.74 bits per heavy atom. The highest BCUT2D eigenvalue weighted by Gasteiger charge is 2.62. The molecule has 1 aromatic carbocycles. The second kappa shape index (κ2) is 4.95. The first kappa shape index (κ1) is 14.5. The number of fused-ring (bicyclic) bond motifs is 1. The first-order chi connectivity index (χ1) is 11.0. The van der Waals surface area contributed by atoms with Gasteiger partial charge in [-0.05, 0) is 61.1 Å². The lowest BCUT2D eigenvalue weighted by atomic mass is 9.62. The first-order valence-corrected chi connectivity index (χ1v) is 8.26. The van der Waals surface area contributed by atoms with Crippen LogP contribution in [0.1, 0.15) is 17.5 Å². The summed E-state index contributed by atoms with van der Waals surface area (Å²) in [6.07, 6.45) is 5.20. The van der Waals surface area contributed by atoms with Gasteiger partial charge in [0.15, 0.2) is 0 Å². The first-order valence-electron chi connectivity index (χ1n) is 8.26. The molecule has 120 valence electrons. The summed E-state index contributed by atoms with van der Waals surface area (Å²) in [4.78, 5) is 24.7. The zero-order valence-electron chi connectivity index (χ0n) is 13.3. The average molecular weight is 311 g/mol. The smallest absolute Gasteiger partial charge is 0.307 e. The number of amides is 1. The van der Waals surface area contributed by atoms with Crippen LogP contribution < -0.4 is 5.32 Å². The molecule has 1 aromatic rings. The van der Waals surface area contributed by atoms with Crippen LogP contribution >= 0.6 is 0 Å². The zero-order chi connectivity index (χ0) is 16.3. The molecule has 0 spiro atoms. The van der Waals surface area contributed by atoms with Gasteiger partial charge in [0, 0.05) is 5.69 Å². The molecule has 6 atom stereocenters. The fourth-order valence-electron chi connectivity index (χ4n) is 4.66. The number of carboxylic acid groups (broad SMARTS) is 1. The maximum absolute atomic E-state index is 12.9. The van der Waals surface area contributed by atoms with Crippen LogP contribution in [0.25, 0.3) is 0 Å². The maximum atomic E-state index is 12.9. The number of anilines is 1. The largest absolute Gasteiger partial charge is 0.481 e. The van der Waals surface area contributed by atoms with Gasteiger partial charge in [-0.1, -0.05) is 24.3 Å². The van der Waals surface area contributed by atoms with Gasteiger partial charge in [-0.2, -0.15) is 0 Å². The topological polar surface area (TPSA) is 66.4 Å². The van der Waals surface area contributed by atoms with E-state index in [9.17, 15) is 14.7 Å². The van der Waals surface area contributed by atoms with Crippen LogP contribution in [0.3, 0.4) is 0 Å². The molecular weight excluding hydrogens is 290 g/mol. The van der Waals surface area contributed by atoms with Crippen molar-refractivity contribution in [3.8, 4) is 0 Å². The summed E-state index contributed by atoms with van der Waals surface area (Å²) in [5, 5.41) is 12.7. The Hall–Kier alpha value is -2.10. The molecule has 0 heterocycles. The summed E-state index contributed by atoms with van der Waals surface area (Å²) in [5.74, 6) is -0.921. The van der Waals surface area contributed by atoms with Gasteiger partial charge >= 0.3 is 5.97 Å². The highest BCUT2D eigenvalue weighted by atomic mass is 16.4. The van der Waals surface area contributed by atoms with E-state index in [1.54, 1.807) is 0 Å². The van der Waals surface area contributed by atoms with Gasteiger partial charge in [0.25, 0.3) is 0 Å². The van der Waals surface area contributed by atoms with Crippen LogP contribution in [-0.2, 0) is 9.59 Å². The van der Waals surface area contributed by atoms with Gasteiger partial charge in [0.2, 0.25) is 5.91 Å². The van der Waals surface area contributed by atoms with Gasteiger partial charge in [-0.3, -0.25) is 9.59 Å². The van der Waals surface area contributed by atoms with E-state index in [1.807, 2.05) is 38.1 Å². The third kappa shape index (κ3) is 2.19. The number of carbonyl (C=O) groups excluding carboxylic acids is 1. The van der Waals surface area contributed by atoms with Crippen LogP contribution in [0, 0.1) is 49.4 Å². The van der Waals surface area contributed by atoms with Crippen molar-refractivity contribution in [1.29, 1.82) is 0 Å². The average Bonchev–Trinajstić information content (AvgIpc) is 3.32.